The molecule has 0 spiro atoms. The third-order valence-corrected chi connectivity index (χ3v) is 2.29. The van der Waals surface area contributed by atoms with Gasteiger partial charge in [0.1, 0.15) is 0 Å². The van der Waals surface area contributed by atoms with E-state index in [1.807, 2.05) is 0 Å². The minimum Gasteiger partial charge on any atom is -0.481 e. The van der Waals surface area contributed by atoms with Crippen LogP contribution in [-0.2, 0) is 4.79 Å². The molecule has 3 N–H and O–H groups in total. The summed E-state index contributed by atoms with van der Waals surface area (Å²) in [4.78, 5) is 10.3. The van der Waals surface area contributed by atoms with Crippen LogP contribution < -0.4 is 5.73 Å². The first-order chi connectivity index (χ1) is 5.18. The second-order valence-corrected chi connectivity index (χ2v) is 3.39. The molecule has 0 bridgehead atoms. The molecular weight excluding hydrogens is 178 g/mol. The standard InChI is InChI=1S/C8H15NO2.ClH/c9-7-3-1-2-6(4-7)5-8(10)11;/h6-7H,1-5,9H2,(H,10,11);1H. The van der Waals surface area contributed by atoms with E-state index in [1.165, 1.54) is 0 Å². The van der Waals surface area contributed by atoms with Gasteiger partial charge in [-0.1, -0.05) is 6.42 Å². The smallest absolute Gasteiger partial charge is 0.303 e. The van der Waals surface area contributed by atoms with Crippen LogP contribution in [0.3, 0.4) is 0 Å². The average molecular weight is 194 g/mol. The molecule has 0 aromatic heterocycles. The third-order valence-electron chi connectivity index (χ3n) is 2.29. The van der Waals surface area contributed by atoms with Crippen LogP contribution in [0.2, 0.25) is 0 Å². The van der Waals surface area contributed by atoms with Gasteiger partial charge in [0.2, 0.25) is 0 Å². The van der Waals surface area contributed by atoms with E-state index >= 15 is 0 Å². The van der Waals surface area contributed by atoms with Gasteiger partial charge in [0.25, 0.3) is 0 Å². The maximum absolute atomic E-state index is 10.3. The topological polar surface area (TPSA) is 63.3 Å². The lowest BCUT2D eigenvalue weighted by atomic mass is 9.84. The summed E-state index contributed by atoms with van der Waals surface area (Å²) in [7, 11) is 0. The Morgan fingerprint density at radius 2 is 2.17 bits per heavy atom. The van der Waals surface area contributed by atoms with Gasteiger partial charge in [-0.2, -0.15) is 0 Å². The fourth-order valence-corrected chi connectivity index (χ4v) is 1.76. The molecule has 4 heteroatoms. The van der Waals surface area contributed by atoms with Gasteiger partial charge in [-0.15, -0.1) is 12.4 Å². The van der Waals surface area contributed by atoms with E-state index in [1.54, 1.807) is 0 Å². The van der Waals surface area contributed by atoms with Crippen LogP contribution in [0.4, 0.5) is 0 Å². The summed E-state index contributed by atoms with van der Waals surface area (Å²) in [6, 6.07) is 0.244. The molecule has 2 unspecified atom stereocenters. The van der Waals surface area contributed by atoms with Crippen LogP contribution in [0.1, 0.15) is 32.1 Å². The Morgan fingerprint density at radius 3 is 2.67 bits per heavy atom. The zero-order valence-electron chi connectivity index (χ0n) is 7.03. The van der Waals surface area contributed by atoms with Crippen LogP contribution in [0.5, 0.6) is 0 Å². The number of carboxylic acids is 1. The zero-order chi connectivity index (χ0) is 8.27. The molecule has 1 aliphatic carbocycles. The first kappa shape index (κ1) is 11.7. The predicted octanol–water partition coefficient (Wildman–Crippen LogP) is 1.40. The SMILES string of the molecule is Cl.NC1CCCC(CC(=O)O)C1. The normalized spacial score (nSPS) is 29.1. The summed E-state index contributed by atoms with van der Waals surface area (Å²) in [6.45, 7) is 0. The number of aliphatic carboxylic acids is 1. The summed E-state index contributed by atoms with van der Waals surface area (Å²) in [6.07, 6.45) is 4.40. The van der Waals surface area contributed by atoms with Gasteiger partial charge in [-0.3, -0.25) is 4.79 Å². The number of carboxylic acid groups (broad SMARTS) is 1. The Bertz CT molecular complexity index is 152. The van der Waals surface area contributed by atoms with Crippen LogP contribution >= 0.6 is 12.4 Å². The summed E-state index contributed by atoms with van der Waals surface area (Å²) < 4.78 is 0. The predicted molar refractivity (Wildman–Crippen MR) is 49.4 cm³/mol. The number of hydrogen-bond acceptors (Lipinski definition) is 2. The Labute approximate surface area is 78.7 Å². The molecule has 0 aromatic rings. The molecule has 0 saturated heterocycles. The van der Waals surface area contributed by atoms with Crippen molar-refractivity contribution in [1.29, 1.82) is 0 Å². The lowest BCUT2D eigenvalue weighted by Crippen LogP contribution is -2.28. The first-order valence-corrected chi connectivity index (χ1v) is 4.16. The fraction of sp³-hybridized carbons (Fsp3) is 0.875. The number of hydrogen-bond donors (Lipinski definition) is 2. The van der Waals surface area contributed by atoms with Crippen molar-refractivity contribution >= 4 is 18.4 Å². The highest BCUT2D eigenvalue weighted by Crippen LogP contribution is 2.25. The molecule has 2 atom stereocenters. The van der Waals surface area contributed by atoms with Gasteiger partial charge < -0.3 is 10.8 Å². The maximum Gasteiger partial charge on any atom is 0.303 e. The molecule has 1 fully saturated rings. The van der Waals surface area contributed by atoms with Gasteiger partial charge >= 0.3 is 5.97 Å². The molecule has 12 heavy (non-hydrogen) atoms. The van der Waals surface area contributed by atoms with Crippen molar-refractivity contribution in [3.8, 4) is 0 Å². The molecular formula is C8H16ClNO2. The molecule has 0 heterocycles. The molecule has 72 valence electrons. The minimum absolute atomic E-state index is 0. The Kier molecular flexibility index (Phi) is 5.25. The Balaban J connectivity index is 0.00000121. The zero-order valence-corrected chi connectivity index (χ0v) is 7.85. The van der Waals surface area contributed by atoms with E-state index in [2.05, 4.69) is 0 Å². The summed E-state index contributed by atoms with van der Waals surface area (Å²) in [5.41, 5.74) is 5.71. The second kappa shape index (κ2) is 5.38. The highest BCUT2D eigenvalue weighted by Gasteiger charge is 2.20. The molecule has 0 aliphatic heterocycles. The van der Waals surface area contributed by atoms with Crippen molar-refractivity contribution < 1.29 is 9.90 Å². The first-order valence-electron chi connectivity index (χ1n) is 4.16. The van der Waals surface area contributed by atoms with Gasteiger partial charge in [-0.05, 0) is 25.2 Å². The number of nitrogens with two attached hydrogens (primary N) is 1. The highest BCUT2D eigenvalue weighted by atomic mass is 35.5. The second-order valence-electron chi connectivity index (χ2n) is 3.39. The highest BCUT2D eigenvalue weighted by molar-refractivity contribution is 5.85. The molecule has 0 radical (unpaired) electrons. The number of halogens is 1. The van der Waals surface area contributed by atoms with Crippen molar-refractivity contribution in [1.82, 2.24) is 0 Å². The lowest BCUT2D eigenvalue weighted by Gasteiger charge is -2.24. The van der Waals surface area contributed by atoms with Crippen molar-refractivity contribution in [3.63, 3.8) is 0 Å². The van der Waals surface area contributed by atoms with E-state index in [0.29, 0.717) is 12.3 Å². The van der Waals surface area contributed by atoms with E-state index < -0.39 is 5.97 Å². The van der Waals surface area contributed by atoms with E-state index in [9.17, 15) is 4.79 Å². The van der Waals surface area contributed by atoms with Crippen LogP contribution in [-0.4, -0.2) is 17.1 Å². The summed E-state index contributed by atoms with van der Waals surface area (Å²) in [5, 5.41) is 8.51. The van der Waals surface area contributed by atoms with E-state index in [-0.39, 0.29) is 18.4 Å². The van der Waals surface area contributed by atoms with Crippen molar-refractivity contribution in [2.75, 3.05) is 0 Å². The number of carbonyl (C=O) groups is 1. The Morgan fingerprint density at radius 1 is 1.50 bits per heavy atom. The molecule has 1 rings (SSSR count). The van der Waals surface area contributed by atoms with Gasteiger partial charge in [0, 0.05) is 12.5 Å². The molecule has 3 nitrogen and oxygen atoms in total. The third kappa shape index (κ3) is 3.93. The lowest BCUT2D eigenvalue weighted by molar-refractivity contribution is -0.138. The average Bonchev–Trinajstić information content (AvgIpc) is 1.85. The molecule has 1 saturated carbocycles. The minimum atomic E-state index is -0.691. The van der Waals surface area contributed by atoms with Crippen molar-refractivity contribution in [2.24, 2.45) is 11.7 Å². The van der Waals surface area contributed by atoms with E-state index in [0.717, 1.165) is 25.7 Å². The monoisotopic (exact) mass is 193 g/mol. The van der Waals surface area contributed by atoms with Gasteiger partial charge in [-0.25, -0.2) is 0 Å². The quantitative estimate of drug-likeness (QED) is 0.697. The van der Waals surface area contributed by atoms with Crippen molar-refractivity contribution in [3.05, 3.63) is 0 Å². The largest absolute Gasteiger partial charge is 0.481 e. The van der Waals surface area contributed by atoms with Gasteiger partial charge in [0.15, 0.2) is 0 Å². The number of rotatable bonds is 2. The summed E-state index contributed by atoms with van der Waals surface area (Å²) in [5.74, 6) is -0.361. The van der Waals surface area contributed by atoms with Gasteiger partial charge in [0.05, 0.1) is 0 Å². The van der Waals surface area contributed by atoms with Crippen molar-refractivity contribution in [2.45, 2.75) is 38.1 Å². The summed E-state index contributed by atoms with van der Waals surface area (Å²) >= 11 is 0. The van der Waals surface area contributed by atoms with Crippen LogP contribution in [0, 0.1) is 5.92 Å². The fourth-order valence-electron chi connectivity index (χ4n) is 1.76. The molecule has 0 amide bonds. The molecule has 0 aromatic carbocycles. The molecule has 1 aliphatic rings. The Hall–Kier alpha value is -0.280. The van der Waals surface area contributed by atoms with Crippen LogP contribution in [0.25, 0.3) is 0 Å². The maximum atomic E-state index is 10.3. The van der Waals surface area contributed by atoms with Crippen LogP contribution in [0.15, 0.2) is 0 Å². The van der Waals surface area contributed by atoms with E-state index in [4.69, 9.17) is 10.8 Å².